The molecule has 2 aliphatic heterocycles. The summed E-state index contributed by atoms with van der Waals surface area (Å²) in [7, 11) is 1.26. The molecule has 6 rings (SSSR count). The zero-order valence-corrected chi connectivity index (χ0v) is 30.5. The number of nitrogens with zero attached hydrogens (tertiary/aromatic N) is 2. The highest BCUT2D eigenvalue weighted by atomic mass is 32.1. The Morgan fingerprint density at radius 3 is 2.37 bits per heavy atom. The van der Waals surface area contributed by atoms with Crippen molar-refractivity contribution >= 4 is 40.9 Å². The molecule has 0 unspecified atom stereocenters. The molecule has 266 valence electrons. The Morgan fingerprint density at radius 1 is 0.961 bits per heavy atom. The van der Waals surface area contributed by atoms with Crippen molar-refractivity contribution in [2.24, 2.45) is 0 Å². The molecule has 0 saturated carbocycles. The zero-order chi connectivity index (χ0) is 36.4. The summed E-state index contributed by atoms with van der Waals surface area (Å²) in [6, 6.07) is 12.7. The van der Waals surface area contributed by atoms with Gasteiger partial charge in [0.1, 0.15) is 17.0 Å². The lowest BCUT2D eigenvalue weighted by molar-refractivity contribution is 0.0521. The van der Waals surface area contributed by atoms with Gasteiger partial charge in [0.05, 0.1) is 13.7 Å². The minimum Gasteiger partial charge on any atom is -0.493 e. The summed E-state index contributed by atoms with van der Waals surface area (Å²) in [6.07, 6.45) is 2.02. The molecule has 11 nitrogen and oxygen atoms in total. The van der Waals surface area contributed by atoms with E-state index in [1.54, 1.807) is 61.3 Å². The fraction of sp³-hybridized carbons (Fsp3) is 0.359. The van der Waals surface area contributed by atoms with Crippen molar-refractivity contribution in [1.29, 1.82) is 0 Å². The van der Waals surface area contributed by atoms with Crippen molar-refractivity contribution in [2.45, 2.75) is 66.0 Å². The number of thiophene rings is 1. The third-order valence-electron chi connectivity index (χ3n) is 8.83. The molecule has 2 aromatic carbocycles. The number of amides is 3. The van der Waals surface area contributed by atoms with E-state index in [1.165, 1.54) is 7.11 Å². The van der Waals surface area contributed by atoms with Crippen LogP contribution in [0.4, 0.5) is 10.5 Å². The Balaban J connectivity index is 1.40. The molecule has 0 bridgehead atoms. The predicted octanol–water partition coefficient (Wildman–Crippen LogP) is 7.33. The first-order valence-electron chi connectivity index (χ1n) is 17.0. The second-order valence-corrected chi connectivity index (χ2v) is 14.7. The van der Waals surface area contributed by atoms with E-state index in [0.717, 1.165) is 45.5 Å². The van der Waals surface area contributed by atoms with Gasteiger partial charge in [0.25, 0.3) is 11.8 Å². The maximum absolute atomic E-state index is 14.4. The van der Waals surface area contributed by atoms with Gasteiger partial charge in [-0.05, 0) is 105 Å². The Kier molecular flexibility index (Phi) is 10.2. The van der Waals surface area contributed by atoms with E-state index in [2.05, 4.69) is 21.7 Å². The van der Waals surface area contributed by atoms with Crippen molar-refractivity contribution in [3.05, 3.63) is 87.0 Å². The molecule has 2 aliphatic rings. The van der Waals surface area contributed by atoms with E-state index in [1.807, 2.05) is 31.4 Å². The number of aryl methyl sites for hydroxylation is 2. The number of carbonyl (C=O) groups is 4. The molecule has 1 fully saturated rings. The lowest BCUT2D eigenvalue weighted by Gasteiger charge is -2.20. The first-order valence-corrected chi connectivity index (χ1v) is 17.9. The molecular formula is C39H42N4O7S. The Hall–Kier alpha value is -5.23. The van der Waals surface area contributed by atoms with Crippen LogP contribution in [-0.2, 0) is 22.4 Å². The van der Waals surface area contributed by atoms with Crippen LogP contribution in [0.2, 0.25) is 0 Å². The number of anilines is 1. The van der Waals surface area contributed by atoms with Gasteiger partial charge in [-0.15, -0.1) is 11.3 Å². The standard InChI is InChI=1S/C39H42N4O7S/c1-22-17-24(21-40-38(47)50-39(3,4)5)18-23(2)32(22)42-35(44)28-19-29-31(49-15-11-25-12-16-51-34(25)29)20-27(28)26-9-10-30(41-33(26)37(46)48-6)36(45)43-13-7-8-14-43/h9-10,12,16-20H,7-8,11,13-15,21H2,1-6H3,(H,40,47)(H,42,44). The summed E-state index contributed by atoms with van der Waals surface area (Å²) in [6.45, 7) is 11.1. The van der Waals surface area contributed by atoms with Crippen molar-refractivity contribution in [2.75, 3.05) is 32.1 Å². The largest absolute Gasteiger partial charge is 0.493 e. The van der Waals surface area contributed by atoms with E-state index < -0.39 is 23.6 Å². The molecule has 2 aromatic heterocycles. The molecule has 2 N–H and O–H groups in total. The van der Waals surface area contributed by atoms with E-state index >= 15 is 0 Å². The van der Waals surface area contributed by atoms with Crippen LogP contribution >= 0.6 is 11.3 Å². The highest BCUT2D eigenvalue weighted by Gasteiger charge is 2.29. The molecule has 1 saturated heterocycles. The highest BCUT2D eigenvalue weighted by Crippen LogP contribution is 2.43. The third-order valence-corrected chi connectivity index (χ3v) is 9.82. The van der Waals surface area contributed by atoms with Gasteiger partial charge >= 0.3 is 12.1 Å². The number of aromatic nitrogens is 1. The van der Waals surface area contributed by atoms with E-state index in [-0.39, 0.29) is 23.8 Å². The number of ether oxygens (including phenoxy) is 3. The molecule has 0 spiro atoms. The summed E-state index contributed by atoms with van der Waals surface area (Å²) in [5, 5.41) is 7.92. The lowest BCUT2D eigenvalue weighted by Crippen LogP contribution is -2.32. The van der Waals surface area contributed by atoms with Gasteiger partial charge in [0.15, 0.2) is 5.69 Å². The SMILES string of the molecule is COC(=O)c1nc(C(=O)N2CCCC2)ccc1-c1cc2c(cc1C(=O)Nc1c(C)cc(CNC(=O)OC(C)(C)C)cc1C)-c1sccc1CCO2. The summed E-state index contributed by atoms with van der Waals surface area (Å²) < 4.78 is 16.7. The van der Waals surface area contributed by atoms with Crippen LogP contribution in [0.3, 0.4) is 0 Å². The van der Waals surface area contributed by atoms with Crippen LogP contribution in [0, 0.1) is 13.8 Å². The molecule has 12 heteroatoms. The Morgan fingerprint density at radius 2 is 1.69 bits per heavy atom. The van der Waals surface area contributed by atoms with Gasteiger partial charge in [-0.1, -0.05) is 12.1 Å². The molecule has 51 heavy (non-hydrogen) atoms. The van der Waals surface area contributed by atoms with Gasteiger partial charge in [-0.2, -0.15) is 0 Å². The number of esters is 1. The molecule has 3 amide bonds. The van der Waals surface area contributed by atoms with Crippen molar-refractivity contribution in [1.82, 2.24) is 15.2 Å². The van der Waals surface area contributed by atoms with Crippen LogP contribution in [0.1, 0.15) is 87.2 Å². The van der Waals surface area contributed by atoms with Crippen LogP contribution < -0.4 is 15.4 Å². The number of alkyl carbamates (subject to hydrolysis) is 1. The smallest absolute Gasteiger partial charge is 0.407 e. The van der Waals surface area contributed by atoms with Gasteiger partial charge in [-0.25, -0.2) is 14.6 Å². The number of carbonyl (C=O) groups excluding carboxylic acids is 4. The number of likely N-dealkylation sites (tertiary alicyclic amines) is 1. The molecule has 0 atom stereocenters. The van der Waals surface area contributed by atoms with Crippen molar-refractivity contribution < 1.29 is 33.4 Å². The van der Waals surface area contributed by atoms with E-state index in [9.17, 15) is 19.2 Å². The van der Waals surface area contributed by atoms with Gasteiger partial charge in [-0.3, -0.25) is 9.59 Å². The maximum Gasteiger partial charge on any atom is 0.407 e. The number of benzene rings is 2. The van der Waals surface area contributed by atoms with Crippen molar-refractivity contribution in [3.63, 3.8) is 0 Å². The maximum atomic E-state index is 14.4. The predicted molar refractivity (Wildman–Crippen MR) is 196 cm³/mol. The van der Waals surface area contributed by atoms with Crippen molar-refractivity contribution in [3.8, 4) is 27.3 Å². The summed E-state index contributed by atoms with van der Waals surface area (Å²) in [4.78, 5) is 60.5. The first kappa shape index (κ1) is 35.6. The second-order valence-electron chi connectivity index (χ2n) is 13.8. The minimum atomic E-state index is -0.730. The quantitative estimate of drug-likeness (QED) is 0.190. The summed E-state index contributed by atoms with van der Waals surface area (Å²) >= 11 is 1.57. The number of fused-ring (bicyclic) bond motifs is 3. The first-order chi connectivity index (χ1) is 24.3. The Labute approximate surface area is 301 Å². The monoisotopic (exact) mass is 710 g/mol. The number of methoxy groups -OCH3 is 1. The van der Waals surface area contributed by atoms with Gasteiger partial charge < -0.3 is 29.7 Å². The Bertz CT molecular complexity index is 2000. The average Bonchev–Trinajstić information content (AvgIpc) is 3.77. The number of hydrogen-bond donors (Lipinski definition) is 2. The lowest BCUT2D eigenvalue weighted by atomic mass is 9.93. The average molecular weight is 711 g/mol. The number of nitrogens with one attached hydrogen (secondary N) is 2. The van der Waals surface area contributed by atoms with Crippen LogP contribution in [-0.4, -0.2) is 66.2 Å². The van der Waals surface area contributed by atoms with E-state index in [4.69, 9.17) is 14.2 Å². The molecule has 4 aromatic rings. The zero-order valence-electron chi connectivity index (χ0n) is 29.7. The number of rotatable bonds is 7. The third kappa shape index (κ3) is 7.75. The van der Waals surface area contributed by atoms with Gasteiger partial charge in [0.2, 0.25) is 0 Å². The fourth-order valence-corrected chi connectivity index (χ4v) is 7.46. The highest BCUT2D eigenvalue weighted by molar-refractivity contribution is 7.13. The summed E-state index contributed by atoms with van der Waals surface area (Å²) in [5.74, 6) is -0.821. The number of hydrogen-bond acceptors (Lipinski definition) is 9. The van der Waals surface area contributed by atoms with Gasteiger partial charge in [0, 0.05) is 58.9 Å². The molecule has 0 aliphatic carbocycles. The van der Waals surface area contributed by atoms with Crippen LogP contribution in [0.15, 0.2) is 47.8 Å². The normalized spacial score (nSPS) is 13.7. The molecule has 0 radical (unpaired) electrons. The summed E-state index contributed by atoms with van der Waals surface area (Å²) in [5.41, 5.74) is 5.44. The minimum absolute atomic E-state index is 0.0730. The second kappa shape index (κ2) is 14.6. The molecular weight excluding hydrogens is 669 g/mol. The fourth-order valence-electron chi connectivity index (χ4n) is 6.48. The molecule has 4 heterocycles. The topological polar surface area (TPSA) is 136 Å². The van der Waals surface area contributed by atoms with E-state index in [0.29, 0.717) is 54.2 Å². The number of pyridine rings is 1. The van der Waals surface area contributed by atoms with Crippen LogP contribution in [0.25, 0.3) is 21.6 Å². The van der Waals surface area contributed by atoms with Crippen LogP contribution in [0.5, 0.6) is 5.75 Å².